The molecule has 2 aromatic heterocycles. The predicted octanol–water partition coefficient (Wildman–Crippen LogP) is 3.33. The summed E-state index contributed by atoms with van der Waals surface area (Å²) in [4.78, 5) is 21.8. The molecule has 0 saturated carbocycles. The van der Waals surface area contributed by atoms with Crippen molar-refractivity contribution in [3.05, 3.63) is 53.9 Å². The second-order valence-corrected chi connectivity index (χ2v) is 8.23. The van der Waals surface area contributed by atoms with Gasteiger partial charge in [-0.25, -0.2) is 9.97 Å². The third kappa shape index (κ3) is 3.88. The zero-order valence-electron chi connectivity index (χ0n) is 17.2. The van der Waals surface area contributed by atoms with E-state index < -0.39 is 0 Å². The summed E-state index contributed by atoms with van der Waals surface area (Å²) in [5, 5.41) is 9.06. The molecule has 1 N–H and O–H groups in total. The van der Waals surface area contributed by atoms with E-state index in [-0.39, 0.29) is 17.7 Å². The number of amides is 1. The zero-order valence-corrected chi connectivity index (χ0v) is 18.0. The first-order valence-corrected chi connectivity index (χ1v) is 11.0. The summed E-state index contributed by atoms with van der Waals surface area (Å²) in [6.45, 7) is 4.87. The van der Waals surface area contributed by atoms with Crippen molar-refractivity contribution in [2.24, 2.45) is 0 Å². The molecule has 9 heteroatoms. The van der Waals surface area contributed by atoms with Gasteiger partial charge in [0.15, 0.2) is 22.3 Å². The maximum atomic E-state index is 12.6. The Morgan fingerprint density at radius 2 is 1.97 bits per heavy atom. The molecule has 5 rings (SSSR count). The fraction of sp³-hybridized carbons (Fsp3) is 0.273. The molecule has 0 radical (unpaired) electrons. The van der Waals surface area contributed by atoms with E-state index in [1.807, 2.05) is 56.3 Å². The van der Waals surface area contributed by atoms with Crippen LogP contribution in [0.2, 0.25) is 0 Å². The van der Waals surface area contributed by atoms with E-state index in [1.54, 1.807) is 4.52 Å². The molecule has 158 valence electrons. The molecule has 4 aromatic rings. The Balaban J connectivity index is 1.30. The van der Waals surface area contributed by atoms with Gasteiger partial charge in [0.1, 0.15) is 19.0 Å². The second-order valence-electron chi connectivity index (χ2n) is 7.29. The van der Waals surface area contributed by atoms with Crippen LogP contribution in [0.3, 0.4) is 0 Å². The number of carbonyl (C=O) groups is 1. The first kappa shape index (κ1) is 19.6. The van der Waals surface area contributed by atoms with Crippen LogP contribution in [0.5, 0.6) is 11.5 Å². The van der Waals surface area contributed by atoms with Crippen LogP contribution in [0.1, 0.15) is 24.4 Å². The van der Waals surface area contributed by atoms with E-state index in [0.29, 0.717) is 29.9 Å². The van der Waals surface area contributed by atoms with Crippen molar-refractivity contribution < 1.29 is 14.3 Å². The molecule has 3 heterocycles. The lowest BCUT2D eigenvalue weighted by Gasteiger charge is -2.21. The summed E-state index contributed by atoms with van der Waals surface area (Å²) in [6.07, 6.45) is 0. The third-order valence-corrected chi connectivity index (χ3v) is 5.96. The predicted molar refractivity (Wildman–Crippen MR) is 118 cm³/mol. The van der Waals surface area contributed by atoms with Crippen molar-refractivity contribution in [2.45, 2.75) is 25.0 Å². The maximum Gasteiger partial charge on any atom is 0.230 e. The van der Waals surface area contributed by atoms with Crippen LogP contribution < -0.4 is 14.8 Å². The number of rotatable bonds is 5. The monoisotopic (exact) mass is 435 g/mol. The number of ether oxygens (including phenoxy) is 2. The number of hydrogen-bond donors (Lipinski definition) is 1. The van der Waals surface area contributed by atoms with E-state index in [2.05, 4.69) is 20.4 Å². The molecule has 31 heavy (non-hydrogen) atoms. The highest BCUT2D eigenvalue weighted by Gasteiger charge is 2.17. The summed E-state index contributed by atoms with van der Waals surface area (Å²) in [5.41, 5.74) is 2.53. The number of aryl methyl sites for hydroxylation is 1. The molecular formula is C22H21N5O3S. The Bertz CT molecular complexity index is 1290. The van der Waals surface area contributed by atoms with E-state index in [1.165, 1.54) is 11.8 Å². The molecule has 2 aromatic carbocycles. The largest absolute Gasteiger partial charge is 0.486 e. The van der Waals surface area contributed by atoms with Crippen molar-refractivity contribution in [1.82, 2.24) is 24.9 Å². The Hall–Kier alpha value is -3.33. The minimum atomic E-state index is -0.165. The van der Waals surface area contributed by atoms with E-state index >= 15 is 0 Å². The summed E-state index contributed by atoms with van der Waals surface area (Å²) >= 11 is 1.34. The Morgan fingerprint density at radius 1 is 1.16 bits per heavy atom. The smallest absolute Gasteiger partial charge is 0.230 e. The molecule has 0 aliphatic carbocycles. The van der Waals surface area contributed by atoms with Gasteiger partial charge in [0.2, 0.25) is 5.91 Å². The Kier molecular flexibility index (Phi) is 5.11. The van der Waals surface area contributed by atoms with Gasteiger partial charge >= 0.3 is 0 Å². The average Bonchev–Trinajstić information content (AvgIpc) is 3.19. The molecule has 1 amide bonds. The average molecular weight is 436 g/mol. The third-order valence-electron chi connectivity index (χ3n) is 5.03. The molecule has 0 bridgehead atoms. The molecule has 0 fully saturated rings. The number of aromatic nitrogens is 4. The minimum absolute atomic E-state index is 0.0904. The van der Waals surface area contributed by atoms with Crippen LogP contribution in [0.15, 0.2) is 47.6 Å². The van der Waals surface area contributed by atoms with E-state index in [0.717, 1.165) is 27.9 Å². The van der Waals surface area contributed by atoms with Crippen molar-refractivity contribution in [3.63, 3.8) is 0 Å². The van der Waals surface area contributed by atoms with Crippen molar-refractivity contribution >= 4 is 34.2 Å². The highest BCUT2D eigenvalue weighted by Crippen LogP contribution is 2.32. The number of fused-ring (bicyclic) bond motifs is 4. The van der Waals surface area contributed by atoms with Crippen molar-refractivity contribution in [1.29, 1.82) is 0 Å². The first-order chi connectivity index (χ1) is 15.1. The highest BCUT2D eigenvalue weighted by molar-refractivity contribution is 7.99. The fourth-order valence-electron chi connectivity index (χ4n) is 3.55. The lowest BCUT2D eigenvalue weighted by Crippen LogP contribution is -2.28. The first-order valence-electron chi connectivity index (χ1n) is 10.0. The second kappa shape index (κ2) is 8.07. The van der Waals surface area contributed by atoms with E-state index in [9.17, 15) is 4.79 Å². The van der Waals surface area contributed by atoms with Gasteiger partial charge in [-0.2, -0.15) is 4.52 Å². The molecule has 0 saturated heterocycles. The summed E-state index contributed by atoms with van der Waals surface area (Å²) < 4.78 is 12.9. The van der Waals surface area contributed by atoms with E-state index in [4.69, 9.17) is 9.47 Å². The standard InChI is InChI=1S/C22H21N5O3S/c1-13(15-7-8-18-19(11-15)30-10-9-29-18)23-20(28)12-31-22-25-17-6-4-3-5-16(17)21-24-14(2)26-27(21)22/h3-8,11,13H,9-10,12H2,1-2H3,(H,23,28). The molecule has 1 atom stereocenters. The summed E-state index contributed by atoms with van der Waals surface area (Å²) in [5.74, 6) is 2.24. The number of para-hydroxylation sites is 1. The number of thioether (sulfide) groups is 1. The van der Waals surface area contributed by atoms with Gasteiger partial charge in [0, 0.05) is 5.39 Å². The number of benzene rings is 2. The van der Waals surface area contributed by atoms with Crippen molar-refractivity contribution in [2.75, 3.05) is 19.0 Å². The maximum absolute atomic E-state index is 12.6. The summed E-state index contributed by atoms with van der Waals surface area (Å²) in [6, 6.07) is 13.4. The Labute approximate surface area is 183 Å². The normalized spacial score (nSPS) is 14.0. The lowest BCUT2D eigenvalue weighted by molar-refractivity contribution is -0.119. The zero-order chi connectivity index (χ0) is 21.4. The number of hydrogen-bond acceptors (Lipinski definition) is 7. The molecule has 1 unspecified atom stereocenters. The number of nitrogens with one attached hydrogen (secondary N) is 1. The molecule has 8 nitrogen and oxygen atoms in total. The van der Waals surface area contributed by atoms with Gasteiger partial charge in [0.25, 0.3) is 0 Å². The molecular weight excluding hydrogens is 414 g/mol. The summed E-state index contributed by atoms with van der Waals surface area (Å²) in [7, 11) is 0. The van der Waals surface area contributed by atoms with Crippen LogP contribution in [0.25, 0.3) is 16.6 Å². The van der Waals surface area contributed by atoms with Crippen molar-refractivity contribution in [3.8, 4) is 11.5 Å². The minimum Gasteiger partial charge on any atom is -0.486 e. The van der Waals surface area contributed by atoms with Crippen LogP contribution >= 0.6 is 11.8 Å². The van der Waals surface area contributed by atoms with Gasteiger partial charge in [-0.1, -0.05) is 30.0 Å². The highest BCUT2D eigenvalue weighted by atomic mass is 32.2. The lowest BCUT2D eigenvalue weighted by atomic mass is 10.1. The fourth-order valence-corrected chi connectivity index (χ4v) is 4.31. The number of nitrogens with zero attached hydrogens (tertiary/aromatic N) is 4. The van der Waals surface area contributed by atoms with Crippen LogP contribution in [-0.2, 0) is 4.79 Å². The topological polar surface area (TPSA) is 90.6 Å². The molecule has 0 spiro atoms. The quantitative estimate of drug-likeness (QED) is 0.380. The van der Waals surface area contributed by atoms with Gasteiger partial charge in [-0.15, -0.1) is 5.10 Å². The Morgan fingerprint density at radius 3 is 2.84 bits per heavy atom. The SMILES string of the molecule is Cc1nc2c3ccccc3nc(SCC(=O)NC(C)c3ccc4c(c3)OCCO4)n2n1. The number of carbonyl (C=O) groups excluding carboxylic acids is 1. The molecule has 1 aliphatic rings. The van der Waals surface area contributed by atoms with Crippen LogP contribution in [-0.4, -0.2) is 44.5 Å². The van der Waals surface area contributed by atoms with Gasteiger partial charge in [-0.3, -0.25) is 4.79 Å². The van der Waals surface area contributed by atoms with Gasteiger partial charge < -0.3 is 14.8 Å². The van der Waals surface area contributed by atoms with Crippen LogP contribution in [0, 0.1) is 6.92 Å². The van der Waals surface area contributed by atoms with Gasteiger partial charge in [-0.05, 0) is 43.7 Å². The molecule has 1 aliphatic heterocycles. The van der Waals surface area contributed by atoms with Gasteiger partial charge in [0.05, 0.1) is 17.3 Å². The van der Waals surface area contributed by atoms with Crippen LogP contribution in [0.4, 0.5) is 0 Å².